The normalized spacial score (nSPS) is 29.3. The third kappa shape index (κ3) is 6.09. The van der Waals surface area contributed by atoms with Crippen LogP contribution in [0.15, 0.2) is 30.4 Å². The van der Waals surface area contributed by atoms with E-state index in [2.05, 4.69) is 15.4 Å². The average Bonchev–Trinajstić information content (AvgIpc) is 3.85. The van der Waals surface area contributed by atoms with Crippen LogP contribution in [0.3, 0.4) is 0 Å². The van der Waals surface area contributed by atoms with Crippen LogP contribution in [0.4, 0.5) is 15.3 Å². The number of ether oxygens (including phenoxy) is 1. The predicted molar refractivity (Wildman–Crippen MR) is 158 cm³/mol. The summed E-state index contributed by atoms with van der Waals surface area (Å²) in [5, 5.41) is 5.11. The fraction of sp³-hybridized carbons (Fsp3) is 0.600. The number of allylic oxidation sites excluding steroid dienone is 1. The Labute approximate surface area is 251 Å². The smallest absolute Gasteiger partial charge is 0.414 e. The second-order valence-corrected chi connectivity index (χ2v) is 14.4. The molecule has 6 rings (SSSR count). The lowest BCUT2D eigenvalue weighted by molar-refractivity contribution is -0.131. The molecule has 12 nitrogen and oxygen atoms in total. The minimum atomic E-state index is -3.82. The highest BCUT2D eigenvalue weighted by atomic mass is 32.2. The number of fused-ring (bicyclic) bond motifs is 3. The van der Waals surface area contributed by atoms with Crippen LogP contribution in [0, 0.1) is 12.8 Å². The van der Waals surface area contributed by atoms with E-state index in [4.69, 9.17) is 4.74 Å². The maximum atomic E-state index is 13.8. The van der Waals surface area contributed by atoms with Gasteiger partial charge in [-0.3, -0.25) is 19.2 Å². The quantitative estimate of drug-likeness (QED) is 0.440. The van der Waals surface area contributed by atoms with Gasteiger partial charge < -0.3 is 20.3 Å². The number of anilines is 1. The molecule has 0 spiro atoms. The molecule has 5 aliphatic rings. The van der Waals surface area contributed by atoms with Crippen molar-refractivity contribution in [3.8, 4) is 0 Å². The van der Waals surface area contributed by atoms with Crippen LogP contribution in [0.25, 0.3) is 0 Å². The molecule has 0 unspecified atom stereocenters. The topological polar surface area (TPSA) is 154 Å². The van der Waals surface area contributed by atoms with Gasteiger partial charge in [-0.2, -0.15) is 0 Å². The Hall–Kier alpha value is -3.61. The summed E-state index contributed by atoms with van der Waals surface area (Å²) in [6.45, 7) is 2.93. The molecule has 2 aliphatic carbocycles. The van der Waals surface area contributed by atoms with Crippen molar-refractivity contribution in [3.63, 3.8) is 0 Å². The van der Waals surface area contributed by atoms with Crippen molar-refractivity contribution in [2.75, 3.05) is 24.5 Å². The number of nitrogens with zero attached hydrogens (tertiary/aromatic N) is 2. The molecule has 3 fully saturated rings. The summed E-state index contributed by atoms with van der Waals surface area (Å²) in [6, 6.07) is 4.43. The third-order valence-electron chi connectivity index (χ3n) is 9.10. The number of rotatable bonds is 4. The number of hydrogen-bond acceptors (Lipinski definition) is 7. The molecule has 43 heavy (non-hydrogen) atoms. The van der Waals surface area contributed by atoms with Crippen LogP contribution < -0.4 is 20.3 Å². The van der Waals surface area contributed by atoms with E-state index in [1.54, 1.807) is 4.90 Å². The van der Waals surface area contributed by atoms with Crippen molar-refractivity contribution in [2.45, 2.75) is 87.6 Å². The molecule has 1 aromatic rings. The third-order valence-corrected chi connectivity index (χ3v) is 10.9. The lowest BCUT2D eigenvalue weighted by Gasteiger charge is -2.26. The SMILES string of the molecule is Cc1ccc2c(c1)CCN2C(=O)O[C@@H]1C[C@H]2C(=O)N[C@]3(C(=O)NS(=O)(=O)C4CC4)C[C@H]3C=CCCCCCNC(=O)N2C1. The van der Waals surface area contributed by atoms with Gasteiger partial charge in [-0.05, 0) is 63.5 Å². The van der Waals surface area contributed by atoms with Crippen molar-refractivity contribution in [1.29, 1.82) is 0 Å². The van der Waals surface area contributed by atoms with E-state index in [1.807, 2.05) is 37.3 Å². The van der Waals surface area contributed by atoms with E-state index in [0.717, 1.165) is 42.5 Å². The number of urea groups is 1. The zero-order chi connectivity index (χ0) is 30.4. The Balaban J connectivity index is 1.20. The Morgan fingerprint density at radius 3 is 2.74 bits per heavy atom. The van der Waals surface area contributed by atoms with E-state index in [-0.39, 0.29) is 25.3 Å². The highest BCUT2D eigenvalue weighted by Crippen LogP contribution is 2.46. The number of carbonyl (C=O) groups excluding carboxylic acids is 4. The second kappa shape index (κ2) is 11.5. The molecule has 0 bridgehead atoms. The standard InChI is InChI=1S/C30H39N5O7S/c1-19-8-11-24-20(15-19)12-14-34(24)29(39)42-22-16-25-26(36)32-30(27(37)33-43(40,41)23-9-10-23)17-21(30)7-5-3-2-4-6-13-31-28(38)35(25)18-22/h5,7-8,11,15,21-23,25H,2-4,6,9-10,12-14,16-18H2,1H3,(H,31,38)(H,32,36)(H,33,37)/t21-,22-,25+,30-/m1/s1. The molecule has 0 radical (unpaired) electrons. The van der Waals surface area contributed by atoms with E-state index in [0.29, 0.717) is 32.4 Å². The Bertz CT molecular complexity index is 1460. The van der Waals surface area contributed by atoms with Crippen molar-refractivity contribution in [3.05, 3.63) is 41.5 Å². The van der Waals surface area contributed by atoms with Gasteiger partial charge in [-0.25, -0.2) is 18.0 Å². The summed E-state index contributed by atoms with van der Waals surface area (Å²) in [5.74, 6) is -1.71. The molecular weight excluding hydrogens is 574 g/mol. The van der Waals surface area contributed by atoms with Crippen LogP contribution >= 0.6 is 0 Å². The molecule has 0 aromatic heterocycles. The lowest BCUT2D eigenvalue weighted by Crippen LogP contribution is -2.57. The summed E-state index contributed by atoms with van der Waals surface area (Å²) < 4.78 is 33.2. The first kappa shape index (κ1) is 29.5. The zero-order valence-electron chi connectivity index (χ0n) is 24.3. The first-order valence-electron chi connectivity index (χ1n) is 15.2. The van der Waals surface area contributed by atoms with Crippen molar-refractivity contribution >= 4 is 39.6 Å². The van der Waals surface area contributed by atoms with Crippen LogP contribution in [0.1, 0.15) is 62.5 Å². The summed E-state index contributed by atoms with van der Waals surface area (Å²) in [7, 11) is -3.82. The lowest BCUT2D eigenvalue weighted by atomic mass is 10.1. The number of amides is 5. The van der Waals surface area contributed by atoms with Gasteiger partial charge in [0.25, 0.3) is 5.91 Å². The molecule has 5 amide bonds. The molecule has 1 saturated heterocycles. The highest BCUT2D eigenvalue weighted by Gasteiger charge is 2.62. The van der Waals surface area contributed by atoms with Crippen LogP contribution in [-0.2, 0) is 30.8 Å². The maximum Gasteiger partial charge on any atom is 0.414 e. The minimum Gasteiger partial charge on any atom is -0.444 e. The largest absolute Gasteiger partial charge is 0.444 e. The van der Waals surface area contributed by atoms with E-state index in [9.17, 15) is 27.6 Å². The number of benzene rings is 1. The molecule has 232 valence electrons. The van der Waals surface area contributed by atoms with E-state index < -0.39 is 56.9 Å². The molecule has 3 heterocycles. The van der Waals surface area contributed by atoms with Gasteiger partial charge in [0.2, 0.25) is 15.9 Å². The number of carbonyl (C=O) groups is 4. The van der Waals surface area contributed by atoms with Crippen molar-refractivity contribution < 1.29 is 32.3 Å². The van der Waals surface area contributed by atoms with Crippen molar-refractivity contribution in [1.82, 2.24) is 20.3 Å². The molecular formula is C30H39N5O7S. The second-order valence-electron chi connectivity index (χ2n) is 12.4. The summed E-state index contributed by atoms with van der Waals surface area (Å²) in [4.78, 5) is 56.6. The van der Waals surface area contributed by atoms with Gasteiger partial charge in [0.1, 0.15) is 17.7 Å². The monoisotopic (exact) mass is 613 g/mol. The maximum absolute atomic E-state index is 13.8. The number of sulfonamides is 1. The first-order valence-corrected chi connectivity index (χ1v) is 16.8. The molecule has 3 aliphatic heterocycles. The van der Waals surface area contributed by atoms with Gasteiger partial charge in [0, 0.05) is 25.4 Å². The molecule has 13 heteroatoms. The van der Waals surface area contributed by atoms with E-state index >= 15 is 0 Å². The fourth-order valence-electron chi connectivity index (χ4n) is 6.37. The zero-order valence-corrected chi connectivity index (χ0v) is 25.2. The van der Waals surface area contributed by atoms with Crippen molar-refractivity contribution in [2.24, 2.45) is 5.92 Å². The number of hydrogen-bond donors (Lipinski definition) is 3. The number of nitrogens with one attached hydrogen (secondary N) is 3. The van der Waals surface area contributed by atoms with Crippen LogP contribution in [0.5, 0.6) is 0 Å². The number of aryl methyl sites for hydroxylation is 1. The van der Waals surface area contributed by atoms with Gasteiger partial charge in [0.05, 0.1) is 17.5 Å². The molecule has 3 N–H and O–H groups in total. The Morgan fingerprint density at radius 2 is 1.95 bits per heavy atom. The molecule has 4 atom stereocenters. The summed E-state index contributed by atoms with van der Waals surface area (Å²) in [6.07, 6.45) is 7.92. The molecule has 1 aromatic carbocycles. The van der Waals surface area contributed by atoms with Crippen LogP contribution in [-0.4, -0.2) is 79.8 Å². The summed E-state index contributed by atoms with van der Waals surface area (Å²) >= 11 is 0. The van der Waals surface area contributed by atoms with Gasteiger partial charge >= 0.3 is 12.1 Å². The predicted octanol–water partition coefficient (Wildman–Crippen LogP) is 2.26. The highest BCUT2D eigenvalue weighted by molar-refractivity contribution is 7.91. The Kier molecular flexibility index (Phi) is 7.86. The molecule has 2 saturated carbocycles. The fourth-order valence-corrected chi connectivity index (χ4v) is 7.73. The van der Waals surface area contributed by atoms with Gasteiger partial charge in [0.15, 0.2) is 0 Å². The summed E-state index contributed by atoms with van der Waals surface area (Å²) in [5.41, 5.74) is 1.54. The Morgan fingerprint density at radius 1 is 1.14 bits per heavy atom. The van der Waals surface area contributed by atoms with Gasteiger partial charge in [-0.15, -0.1) is 0 Å². The van der Waals surface area contributed by atoms with Crippen LogP contribution in [0.2, 0.25) is 0 Å². The van der Waals surface area contributed by atoms with E-state index in [1.165, 1.54) is 4.90 Å². The van der Waals surface area contributed by atoms with Gasteiger partial charge in [-0.1, -0.05) is 36.3 Å². The first-order chi connectivity index (χ1) is 20.6. The minimum absolute atomic E-state index is 0.0167. The average molecular weight is 614 g/mol.